The van der Waals surface area contributed by atoms with Crippen LogP contribution in [0.25, 0.3) is 254 Å². The van der Waals surface area contributed by atoms with Gasteiger partial charge in [-0.05, 0) is 261 Å². The minimum Gasteiger partial charge on any atom is -0.344 e. The van der Waals surface area contributed by atoms with Gasteiger partial charge in [0.05, 0.1) is 66.2 Å². The van der Waals surface area contributed by atoms with Gasteiger partial charge in [0, 0.05) is 128 Å². The summed E-state index contributed by atoms with van der Waals surface area (Å²) in [6.07, 6.45) is 0. The summed E-state index contributed by atoms with van der Waals surface area (Å²) in [5.74, 6) is 0. The molecule has 0 unspecified atom stereocenters. The van der Waals surface area contributed by atoms with E-state index in [0.717, 1.165) is 67.3 Å². The highest BCUT2D eigenvalue weighted by molar-refractivity contribution is 6.17. The minimum absolute atomic E-state index is 1.10. The molecular formula is C121H77N7. The fraction of sp³-hybridized carbons (Fsp3) is 0.00826. The van der Waals surface area contributed by atoms with E-state index in [0.29, 0.717) is 0 Å². The fourth-order valence-corrected chi connectivity index (χ4v) is 21.5. The molecule has 0 amide bonds. The number of para-hydroxylation sites is 8. The summed E-state index contributed by atoms with van der Waals surface area (Å²) in [6.45, 7) is 0. The Morgan fingerprint density at radius 1 is 0.109 bits per heavy atom. The summed E-state index contributed by atoms with van der Waals surface area (Å²) >= 11 is 0. The summed E-state index contributed by atoms with van der Waals surface area (Å²) in [5, 5.41) is 17.3. The lowest BCUT2D eigenvalue weighted by atomic mass is 10.00. The van der Waals surface area contributed by atoms with Gasteiger partial charge in [-0.1, -0.05) is 255 Å². The first kappa shape index (κ1) is 71.6. The van der Waals surface area contributed by atoms with Gasteiger partial charge in [-0.15, -0.1) is 0 Å². The maximum atomic E-state index is 2.46. The van der Waals surface area contributed by atoms with Crippen LogP contribution in [-0.2, 0) is 7.05 Å². The summed E-state index contributed by atoms with van der Waals surface area (Å²) in [5.41, 5.74) is 37.4. The van der Waals surface area contributed by atoms with Gasteiger partial charge >= 0.3 is 0 Å². The van der Waals surface area contributed by atoms with E-state index in [4.69, 9.17) is 0 Å². The normalized spacial score (nSPS) is 12.1. The maximum Gasteiger partial charge on any atom is 0.0541 e. The third-order valence-corrected chi connectivity index (χ3v) is 27.6. The number of fused-ring (bicyclic) bond motifs is 21. The largest absolute Gasteiger partial charge is 0.344 e. The van der Waals surface area contributed by atoms with Crippen LogP contribution < -0.4 is 0 Å². The van der Waals surface area contributed by atoms with Crippen molar-refractivity contribution >= 4 is 153 Å². The number of aromatic nitrogens is 7. The van der Waals surface area contributed by atoms with Gasteiger partial charge in [-0.25, -0.2) is 0 Å². The molecule has 0 aliphatic heterocycles. The number of aryl methyl sites for hydroxylation is 1. The van der Waals surface area contributed by atoms with Crippen LogP contribution in [0.1, 0.15) is 0 Å². The number of hydrogen-bond donors (Lipinski definition) is 0. The molecule has 0 bridgehead atoms. The zero-order chi connectivity index (χ0) is 83.9. The molecule has 27 aromatic rings. The molecule has 20 aromatic carbocycles. The molecule has 0 aliphatic rings. The molecule has 596 valence electrons. The molecule has 0 spiro atoms. The van der Waals surface area contributed by atoms with Crippen LogP contribution in [0.2, 0.25) is 0 Å². The van der Waals surface area contributed by atoms with Gasteiger partial charge < -0.3 is 32.0 Å². The third-order valence-electron chi connectivity index (χ3n) is 27.6. The van der Waals surface area contributed by atoms with E-state index in [1.54, 1.807) is 0 Å². The van der Waals surface area contributed by atoms with E-state index in [1.807, 2.05) is 0 Å². The lowest BCUT2D eigenvalue weighted by Gasteiger charge is -2.11. The Morgan fingerprint density at radius 2 is 0.234 bits per heavy atom. The molecule has 0 saturated heterocycles. The molecule has 27 rings (SSSR count). The lowest BCUT2D eigenvalue weighted by Crippen LogP contribution is -1.94. The Bertz CT molecular complexity index is 8100. The molecule has 7 heteroatoms. The second kappa shape index (κ2) is 28.0. The number of benzene rings is 20. The van der Waals surface area contributed by atoms with Crippen molar-refractivity contribution in [3.63, 3.8) is 0 Å². The maximum absolute atomic E-state index is 2.46. The van der Waals surface area contributed by atoms with Gasteiger partial charge in [0.2, 0.25) is 0 Å². The zero-order valence-corrected chi connectivity index (χ0v) is 69.9. The molecule has 7 nitrogen and oxygen atoms in total. The fourth-order valence-electron chi connectivity index (χ4n) is 21.5. The molecule has 0 atom stereocenters. The van der Waals surface area contributed by atoms with E-state index >= 15 is 0 Å². The lowest BCUT2D eigenvalue weighted by molar-refractivity contribution is 1.01. The summed E-state index contributed by atoms with van der Waals surface area (Å²) in [6, 6.07) is 167. The summed E-state index contributed by atoms with van der Waals surface area (Å²) in [4.78, 5) is 0. The second-order valence-electron chi connectivity index (χ2n) is 34.4. The van der Waals surface area contributed by atoms with Crippen LogP contribution in [0, 0.1) is 0 Å². The smallest absolute Gasteiger partial charge is 0.0541 e. The summed E-state index contributed by atoms with van der Waals surface area (Å²) < 4.78 is 16.8. The van der Waals surface area contributed by atoms with Crippen molar-refractivity contribution < 1.29 is 0 Å². The highest BCUT2D eigenvalue weighted by Crippen LogP contribution is 2.46. The Morgan fingerprint density at radius 3 is 0.398 bits per heavy atom. The van der Waals surface area contributed by atoms with Gasteiger partial charge in [0.25, 0.3) is 0 Å². The van der Waals surface area contributed by atoms with Crippen LogP contribution in [0.15, 0.2) is 449 Å². The first-order valence-electron chi connectivity index (χ1n) is 44.1. The predicted octanol–water partition coefficient (Wildman–Crippen LogP) is 31.9. The average molecular weight is 1630 g/mol. The van der Waals surface area contributed by atoms with Crippen molar-refractivity contribution in [1.29, 1.82) is 0 Å². The van der Waals surface area contributed by atoms with Crippen LogP contribution >= 0.6 is 0 Å². The highest BCUT2D eigenvalue weighted by atomic mass is 15.0. The van der Waals surface area contributed by atoms with Crippen molar-refractivity contribution in [1.82, 2.24) is 32.0 Å². The molecule has 0 aliphatic carbocycles. The van der Waals surface area contributed by atoms with E-state index < -0.39 is 0 Å². The van der Waals surface area contributed by atoms with Crippen LogP contribution in [0.4, 0.5) is 0 Å². The van der Waals surface area contributed by atoms with E-state index in [2.05, 4.69) is 488 Å². The van der Waals surface area contributed by atoms with Crippen molar-refractivity contribution in [2.24, 2.45) is 7.05 Å². The number of rotatable bonds is 12. The van der Waals surface area contributed by atoms with Gasteiger partial charge in [0.1, 0.15) is 0 Å². The first-order chi connectivity index (χ1) is 63.4. The van der Waals surface area contributed by atoms with Crippen LogP contribution in [-0.4, -0.2) is 32.0 Å². The number of hydrogen-bond acceptors (Lipinski definition) is 0. The molecule has 0 radical (unpaired) electrons. The average Bonchev–Trinajstić information content (AvgIpc) is 1.49. The SMILES string of the molecule is Cn1c2ccc(-c3ccc(-n4c5ccc(-c6ccc(-n7c8ccccc8c8ccccc87)cc6)cc5c5cc(-c6ccc(-n7c8ccccc8c8ccccc87)cc6)ccc54)cc3)cc2c2cc(-c3ccc(-n4c5ccc(-c6ccc(-n7c8ccccc8c8ccccc87)cc6)cc5c5cc(-c6ccc(-n7c8ccccc8c8ccccc87)cc6)ccc54)cc3)ccc21. The topological polar surface area (TPSA) is 34.5 Å². The molecule has 0 N–H and O–H groups in total. The van der Waals surface area contributed by atoms with E-state index in [9.17, 15) is 0 Å². The van der Waals surface area contributed by atoms with Gasteiger partial charge in [0.15, 0.2) is 0 Å². The molecule has 7 aromatic heterocycles. The second-order valence-corrected chi connectivity index (χ2v) is 34.4. The number of nitrogens with zero attached hydrogens (tertiary/aromatic N) is 7. The van der Waals surface area contributed by atoms with Crippen LogP contribution in [0.5, 0.6) is 0 Å². The Hall–Kier alpha value is -17.0. The molecular weight excluding hydrogens is 1550 g/mol. The Kier molecular flexibility index (Phi) is 15.7. The molecule has 0 fully saturated rings. The predicted molar refractivity (Wildman–Crippen MR) is 539 cm³/mol. The molecule has 128 heavy (non-hydrogen) atoms. The zero-order valence-electron chi connectivity index (χ0n) is 69.9. The highest BCUT2D eigenvalue weighted by Gasteiger charge is 2.23. The monoisotopic (exact) mass is 1630 g/mol. The van der Waals surface area contributed by atoms with Crippen molar-refractivity contribution in [3.8, 4) is 101 Å². The Labute approximate surface area is 736 Å². The standard InChI is InChI=1S/C121H77N7/c1-122-108-64-46-82(76-42-60-92(61-43-76)127-118-66-48-84(78-34-52-88(53-35-78)123-110-26-10-2-18-94(110)95-19-3-11-27-111(95)123)72-104(118)105-73-85(49-67-119(105)127)79-36-54-89(55-37-79)124-112-28-12-4-20-96(112)97-21-5-13-29-113(97)124)70-102(108)103-71-83(47-65-109(103)122)77-44-62-93(63-45-77)128-120-68-50-86(80-38-56-90(57-39-80)125-114-30-14-6-22-98(114)99-23-7-15-31-115(99)125)74-106(120)107-75-87(51-69-121(107)128)81-40-58-91(59-41-81)126-116-32-16-8-24-100(116)101-25-9-17-33-117(101)126/h2-75H,1H3. The Balaban J connectivity index is 0.524. The minimum atomic E-state index is 1.10. The van der Waals surface area contributed by atoms with Crippen molar-refractivity contribution in [2.45, 2.75) is 0 Å². The van der Waals surface area contributed by atoms with Crippen LogP contribution in [0.3, 0.4) is 0 Å². The molecule has 7 heterocycles. The molecule has 0 saturated carbocycles. The van der Waals surface area contributed by atoms with Crippen molar-refractivity contribution in [3.05, 3.63) is 449 Å². The van der Waals surface area contributed by atoms with E-state index in [1.165, 1.54) is 186 Å². The third kappa shape index (κ3) is 10.9. The summed E-state index contributed by atoms with van der Waals surface area (Å²) in [7, 11) is 2.20. The first-order valence-corrected chi connectivity index (χ1v) is 44.1. The van der Waals surface area contributed by atoms with E-state index in [-0.39, 0.29) is 0 Å². The van der Waals surface area contributed by atoms with Gasteiger partial charge in [-0.2, -0.15) is 0 Å². The van der Waals surface area contributed by atoms with Gasteiger partial charge in [-0.3, -0.25) is 0 Å². The quantitative estimate of drug-likeness (QED) is 0.117. The van der Waals surface area contributed by atoms with Crippen molar-refractivity contribution in [2.75, 3.05) is 0 Å².